The average Bonchev–Trinajstić information content (AvgIpc) is 2.96. The Hall–Kier alpha value is -0.120. The van der Waals surface area contributed by atoms with Crippen molar-refractivity contribution in [3.63, 3.8) is 0 Å². The summed E-state index contributed by atoms with van der Waals surface area (Å²) in [6.45, 7) is 9.95. The highest BCUT2D eigenvalue weighted by molar-refractivity contribution is 5.16. The second-order valence-electron chi connectivity index (χ2n) is 11.6. The summed E-state index contributed by atoms with van der Waals surface area (Å²) in [5, 5.41) is 0. The van der Waals surface area contributed by atoms with Gasteiger partial charge in [0.2, 0.25) is 0 Å². The van der Waals surface area contributed by atoms with Crippen LogP contribution >= 0.6 is 0 Å². The van der Waals surface area contributed by atoms with Gasteiger partial charge in [-0.3, -0.25) is 0 Å². The van der Waals surface area contributed by atoms with Crippen LogP contribution in [0.2, 0.25) is 0 Å². The molecule has 0 spiro atoms. The lowest BCUT2D eigenvalue weighted by molar-refractivity contribution is -0.132. The third kappa shape index (κ3) is 2.86. The van der Waals surface area contributed by atoms with E-state index in [4.69, 9.17) is 17.2 Å². The first kappa shape index (κ1) is 20.2. The monoisotopic (exact) mass is 375 g/mol. The van der Waals surface area contributed by atoms with Gasteiger partial charge in [-0.2, -0.15) is 0 Å². The van der Waals surface area contributed by atoms with Crippen LogP contribution in [-0.4, -0.2) is 18.1 Å². The van der Waals surface area contributed by atoms with Crippen LogP contribution < -0.4 is 17.2 Å². The van der Waals surface area contributed by atoms with Gasteiger partial charge in [-0.25, -0.2) is 0 Å². The summed E-state index contributed by atoms with van der Waals surface area (Å²) in [4.78, 5) is 0. The van der Waals surface area contributed by atoms with Crippen LogP contribution in [0.25, 0.3) is 0 Å². The zero-order valence-electron chi connectivity index (χ0n) is 18.3. The molecule has 0 aromatic heterocycles. The molecule has 4 aliphatic rings. The van der Waals surface area contributed by atoms with E-state index in [2.05, 4.69) is 27.7 Å². The van der Waals surface area contributed by atoms with Crippen LogP contribution in [0, 0.1) is 46.3 Å². The second kappa shape index (κ2) is 6.99. The highest BCUT2D eigenvalue weighted by Gasteiger charge is 2.64. The molecule has 4 aliphatic carbocycles. The minimum atomic E-state index is 0.293. The van der Waals surface area contributed by atoms with Crippen molar-refractivity contribution >= 4 is 0 Å². The quantitative estimate of drug-likeness (QED) is 0.689. The molecule has 0 heterocycles. The first-order valence-corrected chi connectivity index (χ1v) is 12.0. The van der Waals surface area contributed by atoms with Crippen molar-refractivity contribution in [2.24, 2.45) is 63.5 Å². The summed E-state index contributed by atoms with van der Waals surface area (Å²) < 4.78 is 0. The third-order valence-electron chi connectivity index (χ3n) is 10.5. The zero-order valence-corrected chi connectivity index (χ0v) is 18.3. The highest BCUT2D eigenvalue weighted by Crippen LogP contribution is 2.67. The van der Waals surface area contributed by atoms with Crippen molar-refractivity contribution in [1.82, 2.24) is 0 Å². The molecule has 3 heteroatoms. The Kier molecular flexibility index (Phi) is 5.22. The van der Waals surface area contributed by atoms with Gasteiger partial charge in [0, 0.05) is 18.1 Å². The Morgan fingerprint density at radius 1 is 0.963 bits per heavy atom. The average molecular weight is 376 g/mol. The van der Waals surface area contributed by atoms with Gasteiger partial charge in [0.15, 0.2) is 0 Å². The summed E-state index contributed by atoms with van der Waals surface area (Å²) in [6, 6.07) is 1.09. The van der Waals surface area contributed by atoms with E-state index < -0.39 is 0 Å². The third-order valence-corrected chi connectivity index (χ3v) is 10.5. The molecule has 4 fully saturated rings. The molecule has 3 nitrogen and oxygen atoms in total. The van der Waals surface area contributed by atoms with Crippen molar-refractivity contribution in [2.75, 3.05) is 0 Å². The van der Waals surface area contributed by atoms with Crippen LogP contribution in [-0.2, 0) is 0 Å². The molecule has 156 valence electrons. The van der Waals surface area contributed by atoms with Gasteiger partial charge in [-0.05, 0) is 91.3 Å². The molecule has 0 amide bonds. The lowest BCUT2D eigenvalue weighted by atomic mass is 9.42. The van der Waals surface area contributed by atoms with Crippen molar-refractivity contribution < 1.29 is 0 Å². The Balaban J connectivity index is 1.66. The van der Waals surface area contributed by atoms with E-state index in [1.165, 1.54) is 57.8 Å². The number of hydrogen-bond acceptors (Lipinski definition) is 3. The summed E-state index contributed by atoms with van der Waals surface area (Å²) in [7, 11) is 0. The van der Waals surface area contributed by atoms with Crippen LogP contribution in [0.15, 0.2) is 0 Å². The van der Waals surface area contributed by atoms with Crippen molar-refractivity contribution in [3.8, 4) is 0 Å². The smallest absolute Gasteiger partial charge is 0.0101 e. The lowest BCUT2D eigenvalue weighted by Gasteiger charge is -2.64. The fraction of sp³-hybridized carbons (Fsp3) is 1.00. The van der Waals surface area contributed by atoms with Gasteiger partial charge < -0.3 is 17.2 Å². The number of hydrogen-bond donors (Lipinski definition) is 3. The topological polar surface area (TPSA) is 78.1 Å². The van der Waals surface area contributed by atoms with Crippen molar-refractivity contribution in [2.45, 2.75) is 104 Å². The molecule has 0 aromatic rings. The number of nitrogens with two attached hydrogens (primary N) is 3. The van der Waals surface area contributed by atoms with Gasteiger partial charge in [-0.1, -0.05) is 40.5 Å². The maximum atomic E-state index is 7.07. The second-order valence-corrected chi connectivity index (χ2v) is 11.6. The Morgan fingerprint density at radius 2 is 1.70 bits per heavy atom. The van der Waals surface area contributed by atoms with Gasteiger partial charge in [-0.15, -0.1) is 0 Å². The normalized spacial score (nSPS) is 56.1. The maximum absolute atomic E-state index is 7.07. The van der Waals surface area contributed by atoms with Gasteiger partial charge in [0.05, 0.1) is 0 Å². The predicted octanol–water partition coefficient (Wildman–Crippen LogP) is 4.28. The molecule has 0 saturated heterocycles. The molecule has 0 bridgehead atoms. The Morgan fingerprint density at radius 3 is 2.41 bits per heavy atom. The fourth-order valence-corrected chi connectivity index (χ4v) is 9.03. The molecule has 0 aromatic carbocycles. The minimum Gasteiger partial charge on any atom is -0.328 e. The number of rotatable bonds is 3. The van der Waals surface area contributed by atoms with Gasteiger partial charge in [0.1, 0.15) is 0 Å². The van der Waals surface area contributed by atoms with E-state index in [1.54, 1.807) is 0 Å². The van der Waals surface area contributed by atoms with Crippen LogP contribution in [0.3, 0.4) is 0 Å². The summed E-state index contributed by atoms with van der Waals surface area (Å²) in [5.74, 6) is 4.43. The standard InChI is InChI=1S/C24H45N3/c1-5-6-14(2)17-7-8-18-22-19(13-21(27)24(17,18)4)23(3)10-9-16(25)11-15(23)12-20(22)26/h14-22H,5-13,25-27H2,1-4H3/t14-,15?,16-,17?,18+,19+,20-,21+,22?,23+,24-/m1/s1. The molecule has 4 saturated carbocycles. The fourth-order valence-electron chi connectivity index (χ4n) is 9.03. The highest BCUT2D eigenvalue weighted by atomic mass is 14.8. The molecule has 0 aliphatic heterocycles. The maximum Gasteiger partial charge on any atom is 0.0101 e. The van der Waals surface area contributed by atoms with E-state index in [1.807, 2.05) is 0 Å². The zero-order chi connectivity index (χ0) is 19.6. The Labute approximate surface area is 167 Å². The summed E-state index contributed by atoms with van der Waals surface area (Å²) >= 11 is 0. The summed E-state index contributed by atoms with van der Waals surface area (Å²) in [5.41, 5.74) is 21.1. The van der Waals surface area contributed by atoms with Gasteiger partial charge in [0.25, 0.3) is 0 Å². The van der Waals surface area contributed by atoms with Crippen LogP contribution in [0.1, 0.15) is 85.5 Å². The van der Waals surface area contributed by atoms with Crippen LogP contribution in [0.4, 0.5) is 0 Å². The molecule has 27 heavy (non-hydrogen) atoms. The van der Waals surface area contributed by atoms with E-state index in [-0.39, 0.29) is 0 Å². The first-order chi connectivity index (χ1) is 12.7. The summed E-state index contributed by atoms with van der Waals surface area (Å²) in [6.07, 6.45) is 11.4. The molecule has 0 radical (unpaired) electrons. The van der Waals surface area contributed by atoms with E-state index in [0.717, 1.165) is 17.8 Å². The molecule has 3 unspecified atom stereocenters. The SMILES string of the molecule is CCC[C@@H](C)C1CC[C@H]2C3[C@H](N)CC4C[C@H](N)CC[C@]4(C)[C@H]3C[C@H](N)[C@]12C. The molecule has 11 atom stereocenters. The van der Waals surface area contributed by atoms with E-state index >= 15 is 0 Å². The van der Waals surface area contributed by atoms with Crippen LogP contribution in [0.5, 0.6) is 0 Å². The molecular formula is C24H45N3. The predicted molar refractivity (Wildman–Crippen MR) is 114 cm³/mol. The Bertz CT molecular complexity index is 550. The minimum absolute atomic E-state index is 0.293. The van der Waals surface area contributed by atoms with Crippen molar-refractivity contribution in [3.05, 3.63) is 0 Å². The van der Waals surface area contributed by atoms with Gasteiger partial charge >= 0.3 is 0 Å². The molecule has 6 N–H and O–H groups in total. The molecule has 4 rings (SSSR count). The first-order valence-electron chi connectivity index (χ1n) is 12.0. The van der Waals surface area contributed by atoms with E-state index in [0.29, 0.717) is 46.7 Å². The number of fused-ring (bicyclic) bond motifs is 5. The largest absolute Gasteiger partial charge is 0.328 e. The van der Waals surface area contributed by atoms with Crippen molar-refractivity contribution in [1.29, 1.82) is 0 Å². The molecular weight excluding hydrogens is 330 g/mol. The lowest BCUT2D eigenvalue weighted by Crippen LogP contribution is -2.65. The van der Waals surface area contributed by atoms with E-state index in [9.17, 15) is 0 Å².